The van der Waals surface area contributed by atoms with Crippen LogP contribution in [0.3, 0.4) is 0 Å². The van der Waals surface area contributed by atoms with E-state index >= 15 is 0 Å². The van der Waals surface area contributed by atoms with Crippen molar-refractivity contribution in [3.05, 3.63) is 0 Å². The molecule has 0 saturated heterocycles. The lowest BCUT2D eigenvalue weighted by Crippen LogP contribution is -2.35. The fourth-order valence-corrected chi connectivity index (χ4v) is 0.693. The quantitative estimate of drug-likeness (QED) is 0.656. The molecule has 0 bridgehead atoms. The number of carbonyl (C=O) groups excluding carboxylic acids is 1. The summed E-state index contributed by atoms with van der Waals surface area (Å²) in [7, 11) is 3.39. The number of amides is 1. The SMILES string of the molecule is CN(CCO)C(=O)OC(C)(C)C.CNCCO. The Balaban J connectivity index is 0. The van der Waals surface area contributed by atoms with Crippen molar-refractivity contribution in [1.29, 1.82) is 0 Å². The molecule has 0 saturated carbocycles. The zero-order valence-electron chi connectivity index (χ0n) is 11.5. The Labute approximate surface area is 104 Å². The molecule has 0 fully saturated rings. The van der Waals surface area contributed by atoms with Crippen LogP contribution < -0.4 is 5.32 Å². The van der Waals surface area contributed by atoms with Crippen LogP contribution in [0.1, 0.15) is 20.8 Å². The molecule has 0 heterocycles. The molecule has 6 heteroatoms. The molecule has 0 aliphatic heterocycles. The van der Waals surface area contributed by atoms with Crippen molar-refractivity contribution in [1.82, 2.24) is 10.2 Å². The minimum absolute atomic E-state index is 0.0459. The van der Waals surface area contributed by atoms with E-state index in [0.29, 0.717) is 13.1 Å². The first kappa shape index (κ1) is 18.5. The highest BCUT2D eigenvalue weighted by atomic mass is 16.6. The van der Waals surface area contributed by atoms with Crippen LogP contribution in [0, 0.1) is 0 Å². The average molecular weight is 250 g/mol. The summed E-state index contributed by atoms with van der Waals surface area (Å²) >= 11 is 0. The third-order valence-corrected chi connectivity index (χ3v) is 1.50. The number of rotatable bonds is 4. The molecule has 0 spiro atoms. The van der Waals surface area contributed by atoms with Crippen LogP contribution in [0.4, 0.5) is 4.79 Å². The molecule has 0 aromatic carbocycles. The molecule has 0 radical (unpaired) electrons. The van der Waals surface area contributed by atoms with Crippen molar-refractivity contribution in [2.45, 2.75) is 26.4 Å². The van der Waals surface area contributed by atoms with Gasteiger partial charge in [-0.3, -0.25) is 0 Å². The van der Waals surface area contributed by atoms with E-state index in [1.165, 1.54) is 4.90 Å². The number of nitrogens with one attached hydrogen (secondary N) is 1. The summed E-state index contributed by atoms with van der Waals surface area (Å²) in [5.41, 5.74) is -0.471. The summed E-state index contributed by atoms with van der Waals surface area (Å²) in [4.78, 5) is 12.5. The highest BCUT2D eigenvalue weighted by Gasteiger charge is 2.18. The second-order valence-electron chi connectivity index (χ2n) is 4.45. The van der Waals surface area contributed by atoms with Gasteiger partial charge in [0.25, 0.3) is 0 Å². The summed E-state index contributed by atoms with van der Waals surface area (Å²) in [5.74, 6) is 0. The van der Waals surface area contributed by atoms with E-state index in [1.54, 1.807) is 34.9 Å². The fourth-order valence-electron chi connectivity index (χ4n) is 0.693. The Morgan fingerprint density at radius 1 is 1.29 bits per heavy atom. The predicted molar refractivity (Wildman–Crippen MR) is 67.0 cm³/mol. The van der Waals surface area contributed by atoms with E-state index in [4.69, 9.17) is 14.9 Å². The monoisotopic (exact) mass is 250 g/mol. The van der Waals surface area contributed by atoms with Crippen molar-refractivity contribution < 1.29 is 19.7 Å². The maximum Gasteiger partial charge on any atom is 0.410 e. The number of nitrogens with zero attached hydrogens (tertiary/aromatic N) is 1. The Bertz CT molecular complexity index is 190. The topological polar surface area (TPSA) is 82.0 Å². The molecule has 0 aromatic heterocycles. The summed E-state index contributed by atoms with van der Waals surface area (Å²) in [6, 6.07) is 0. The lowest BCUT2D eigenvalue weighted by atomic mass is 10.2. The third kappa shape index (κ3) is 15.1. The Morgan fingerprint density at radius 3 is 2.06 bits per heavy atom. The van der Waals surface area contributed by atoms with Gasteiger partial charge in [-0.05, 0) is 27.8 Å². The van der Waals surface area contributed by atoms with Gasteiger partial charge in [-0.1, -0.05) is 0 Å². The van der Waals surface area contributed by atoms with Crippen LogP contribution in [0.5, 0.6) is 0 Å². The van der Waals surface area contributed by atoms with Gasteiger partial charge in [0, 0.05) is 20.1 Å². The Hall–Kier alpha value is -0.850. The molecule has 0 rings (SSSR count). The van der Waals surface area contributed by atoms with Gasteiger partial charge in [0.1, 0.15) is 5.60 Å². The van der Waals surface area contributed by atoms with Crippen molar-refractivity contribution in [2.24, 2.45) is 0 Å². The number of aliphatic hydroxyl groups excluding tert-OH is 2. The molecule has 104 valence electrons. The van der Waals surface area contributed by atoms with E-state index < -0.39 is 11.7 Å². The van der Waals surface area contributed by atoms with Crippen LogP contribution in [0.25, 0.3) is 0 Å². The second-order valence-corrected chi connectivity index (χ2v) is 4.45. The summed E-state index contributed by atoms with van der Waals surface area (Å²) in [6.45, 7) is 6.59. The second kappa shape index (κ2) is 10.3. The minimum atomic E-state index is -0.471. The van der Waals surface area contributed by atoms with Gasteiger partial charge in [-0.25, -0.2) is 4.79 Å². The molecular formula is C11H26N2O4. The smallest absolute Gasteiger partial charge is 0.410 e. The van der Waals surface area contributed by atoms with Crippen molar-refractivity contribution in [2.75, 3.05) is 40.4 Å². The molecule has 0 aliphatic rings. The number of ether oxygens (including phenoxy) is 1. The van der Waals surface area contributed by atoms with Crippen LogP contribution in [-0.4, -0.2) is 67.2 Å². The highest BCUT2D eigenvalue weighted by Crippen LogP contribution is 2.08. The highest BCUT2D eigenvalue weighted by molar-refractivity contribution is 5.67. The van der Waals surface area contributed by atoms with Crippen molar-refractivity contribution >= 4 is 6.09 Å². The molecule has 0 aliphatic carbocycles. The molecule has 17 heavy (non-hydrogen) atoms. The average Bonchev–Trinajstić information content (AvgIpc) is 2.17. The van der Waals surface area contributed by atoms with Gasteiger partial charge in [0.2, 0.25) is 0 Å². The van der Waals surface area contributed by atoms with Gasteiger partial charge in [0.15, 0.2) is 0 Å². The molecule has 0 unspecified atom stereocenters. The number of hydrogen-bond donors (Lipinski definition) is 3. The third-order valence-electron chi connectivity index (χ3n) is 1.50. The van der Waals surface area contributed by atoms with Crippen molar-refractivity contribution in [3.63, 3.8) is 0 Å². The zero-order chi connectivity index (χ0) is 13.9. The summed E-state index contributed by atoms with van der Waals surface area (Å²) in [6.07, 6.45) is -0.406. The number of likely N-dealkylation sites (N-methyl/N-ethyl adjacent to an activating group) is 2. The Morgan fingerprint density at radius 2 is 1.82 bits per heavy atom. The molecule has 0 atom stereocenters. The molecule has 1 amide bonds. The van der Waals surface area contributed by atoms with E-state index in [2.05, 4.69) is 5.32 Å². The van der Waals surface area contributed by atoms with E-state index in [1.807, 2.05) is 0 Å². The normalized spacial score (nSPS) is 10.3. The van der Waals surface area contributed by atoms with Gasteiger partial charge < -0.3 is 25.2 Å². The molecule has 0 aromatic rings. The minimum Gasteiger partial charge on any atom is -0.444 e. The summed E-state index contributed by atoms with van der Waals surface area (Å²) < 4.78 is 5.03. The fraction of sp³-hybridized carbons (Fsp3) is 0.909. The van der Waals surface area contributed by atoms with Gasteiger partial charge >= 0.3 is 6.09 Å². The molecule has 3 N–H and O–H groups in total. The van der Waals surface area contributed by atoms with E-state index in [9.17, 15) is 4.79 Å². The predicted octanol–water partition coefficient (Wildman–Crippen LogP) is 0.0437. The van der Waals surface area contributed by atoms with Gasteiger partial charge in [-0.2, -0.15) is 0 Å². The van der Waals surface area contributed by atoms with Crippen LogP contribution >= 0.6 is 0 Å². The van der Waals surface area contributed by atoms with E-state index in [0.717, 1.165) is 0 Å². The molecular weight excluding hydrogens is 224 g/mol. The standard InChI is InChI=1S/C8H17NO3.C3H9NO/c1-8(2,3)12-7(11)9(4)5-6-10;1-4-2-3-5/h10H,5-6H2,1-4H3;4-5H,2-3H2,1H3. The molecule has 6 nitrogen and oxygen atoms in total. The number of hydrogen-bond acceptors (Lipinski definition) is 5. The van der Waals surface area contributed by atoms with Crippen LogP contribution in [0.15, 0.2) is 0 Å². The first-order chi connectivity index (χ1) is 7.78. The largest absolute Gasteiger partial charge is 0.444 e. The van der Waals surface area contributed by atoms with Gasteiger partial charge in [0.05, 0.1) is 13.2 Å². The lowest BCUT2D eigenvalue weighted by molar-refractivity contribution is 0.0272. The van der Waals surface area contributed by atoms with Crippen LogP contribution in [-0.2, 0) is 4.74 Å². The maximum absolute atomic E-state index is 11.1. The van der Waals surface area contributed by atoms with Gasteiger partial charge in [-0.15, -0.1) is 0 Å². The lowest BCUT2D eigenvalue weighted by Gasteiger charge is -2.24. The number of carbonyl (C=O) groups is 1. The van der Waals surface area contributed by atoms with E-state index in [-0.39, 0.29) is 13.2 Å². The Kier molecular flexibility index (Phi) is 11.2. The van der Waals surface area contributed by atoms with Crippen molar-refractivity contribution in [3.8, 4) is 0 Å². The first-order valence-corrected chi connectivity index (χ1v) is 5.59. The summed E-state index contributed by atoms with van der Waals surface area (Å²) in [5, 5.41) is 19.3. The number of aliphatic hydroxyl groups is 2. The van der Waals surface area contributed by atoms with Crippen LogP contribution in [0.2, 0.25) is 0 Å². The zero-order valence-corrected chi connectivity index (χ0v) is 11.5. The maximum atomic E-state index is 11.1. The first-order valence-electron chi connectivity index (χ1n) is 5.59.